The van der Waals surface area contributed by atoms with Crippen molar-refractivity contribution < 1.29 is 22.8 Å². The summed E-state index contributed by atoms with van der Waals surface area (Å²) in [4.78, 5) is 17.7. The topological polar surface area (TPSA) is 86.6 Å². The van der Waals surface area contributed by atoms with Crippen LogP contribution in [0.3, 0.4) is 0 Å². The number of carbonyl (C=O) groups excluding carboxylic acids is 1. The molecule has 1 heterocycles. The predicted octanol–water partition coefficient (Wildman–Crippen LogP) is 2.28. The van der Waals surface area contributed by atoms with E-state index in [9.17, 15) is 13.2 Å². The number of aromatic nitrogens is 1. The minimum atomic E-state index is -3.84. The summed E-state index contributed by atoms with van der Waals surface area (Å²) in [5.41, 5.74) is 1.67. The molecule has 1 N–H and O–H groups in total. The number of nitrogens with zero attached hydrogens (tertiary/aromatic N) is 1. The zero-order valence-electron chi connectivity index (χ0n) is 15.2. The number of nitrogens with one attached hydrogen (secondary N) is 1. The number of aryl methyl sites for hydroxylation is 1. The maximum atomic E-state index is 12.4. The molecule has 3 rings (SSSR count). The molecule has 0 fully saturated rings. The second-order valence-electron chi connectivity index (χ2n) is 6.10. The number of benzene rings is 2. The summed E-state index contributed by atoms with van der Waals surface area (Å²) in [6, 6.07) is 12.5. The molecule has 3 aromatic rings. The van der Waals surface area contributed by atoms with Gasteiger partial charge < -0.3 is 9.57 Å². The smallest absolute Gasteiger partial charge is 0.329 e. The normalized spacial score (nSPS) is 12.7. The quantitative estimate of drug-likeness (QED) is 0.655. The van der Waals surface area contributed by atoms with Crippen LogP contribution in [0.2, 0.25) is 0 Å². The van der Waals surface area contributed by atoms with Gasteiger partial charge in [0.1, 0.15) is 13.2 Å². The van der Waals surface area contributed by atoms with E-state index in [4.69, 9.17) is 9.57 Å². The molecule has 0 saturated carbocycles. The second-order valence-corrected chi connectivity index (χ2v) is 7.81. The lowest BCUT2D eigenvalue weighted by molar-refractivity contribution is -0.135. The molecule has 0 unspecified atom stereocenters. The first-order valence-corrected chi connectivity index (χ1v) is 9.75. The van der Waals surface area contributed by atoms with E-state index in [1.165, 1.54) is 37.1 Å². The summed E-state index contributed by atoms with van der Waals surface area (Å²) >= 11 is 0. The summed E-state index contributed by atoms with van der Waals surface area (Å²) in [7, 11) is -2.34. The number of hydrogen-bond donors (Lipinski definition) is 1. The molecule has 0 bridgehead atoms. The number of hydrogen-bond acceptors (Lipinski definition) is 5. The van der Waals surface area contributed by atoms with Gasteiger partial charge in [0, 0.05) is 5.39 Å². The van der Waals surface area contributed by atoms with Gasteiger partial charge in [0.2, 0.25) is 10.0 Å². The monoisotopic (exact) mass is 388 g/mol. The fourth-order valence-corrected chi connectivity index (χ4v) is 3.81. The summed E-state index contributed by atoms with van der Waals surface area (Å²) in [5.74, 6) is -0.427. The molecule has 1 atom stereocenters. The molecule has 0 amide bonds. The number of sulfonamides is 1. The van der Waals surface area contributed by atoms with Gasteiger partial charge in [-0.25, -0.2) is 13.2 Å². The lowest BCUT2D eigenvalue weighted by Gasteiger charge is -2.13. The third-order valence-corrected chi connectivity index (χ3v) is 5.62. The molecule has 8 heteroatoms. The largest absolute Gasteiger partial charge is 0.423 e. The maximum absolute atomic E-state index is 12.4. The molecule has 0 aliphatic carbocycles. The van der Waals surface area contributed by atoms with Crippen LogP contribution in [0.1, 0.15) is 12.5 Å². The van der Waals surface area contributed by atoms with Crippen LogP contribution in [0.5, 0.6) is 5.75 Å². The Bertz CT molecular complexity index is 1070. The Morgan fingerprint density at radius 2 is 1.78 bits per heavy atom. The summed E-state index contributed by atoms with van der Waals surface area (Å²) < 4.78 is 34.1. The third-order valence-electron chi connectivity index (χ3n) is 4.07. The van der Waals surface area contributed by atoms with Gasteiger partial charge in [-0.15, -0.1) is 0 Å². The second kappa shape index (κ2) is 7.42. The molecular weight excluding hydrogens is 368 g/mol. The first-order chi connectivity index (χ1) is 12.8. The van der Waals surface area contributed by atoms with Gasteiger partial charge in [0.05, 0.1) is 16.6 Å². The van der Waals surface area contributed by atoms with Crippen LogP contribution < -0.4 is 14.3 Å². The Morgan fingerprint density at radius 1 is 1.11 bits per heavy atom. The number of para-hydroxylation sites is 1. The van der Waals surface area contributed by atoms with Gasteiger partial charge in [-0.1, -0.05) is 29.8 Å². The SMILES string of the molecule is COn1cc(OC(=O)[C@H](C)NS(=O)(=O)c2ccc(C)cc2)c2ccccc21. The average Bonchev–Trinajstić information content (AvgIpc) is 2.99. The Kier molecular flexibility index (Phi) is 5.20. The summed E-state index contributed by atoms with van der Waals surface area (Å²) in [6.45, 7) is 3.30. The van der Waals surface area contributed by atoms with E-state index in [0.29, 0.717) is 11.1 Å². The highest BCUT2D eigenvalue weighted by Crippen LogP contribution is 2.27. The highest BCUT2D eigenvalue weighted by Gasteiger charge is 2.24. The van der Waals surface area contributed by atoms with Crippen molar-refractivity contribution in [1.29, 1.82) is 0 Å². The van der Waals surface area contributed by atoms with E-state index in [1.807, 2.05) is 25.1 Å². The number of carbonyl (C=O) groups is 1. The van der Waals surface area contributed by atoms with E-state index < -0.39 is 22.0 Å². The molecule has 27 heavy (non-hydrogen) atoms. The standard InChI is InChI=1S/C19H20N2O5S/c1-13-8-10-15(11-9-13)27(23,24)20-14(2)19(22)26-18-12-21(25-3)17-7-5-4-6-16(17)18/h4-12,14,20H,1-3H3/t14-/m0/s1. The van der Waals surface area contributed by atoms with Crippen LogP contribution in [0.25, 0.3) is 10.9 Å². The van der Waals surface area contributed by atoms with Gasteiger partial charge >= 0.3 is 5.97 Å². The van der Waals surface area contributed by atoms with E-state index in [-0.39, 0.29) is 4.90 Å². The first kappa shape index (κ1) is 18.9. The molecular formula is C19H20N2O5S. The molecule has 0 spiro atoms. The Hall–Kier alpha value is -2.84. The van der Waals surface area contributed by atoms with Crippen molar-refractivity contribution in [3.05, 3.63) is 60.3 Å². The molecule has 0 radical (unpaired) electrons. The summed E-state index contributed by atoms with van der Waals surface area (Å²) in [6.07, 6.45) is 1.53. The van der Waals surface area contributed by atoms with Crippen LogP contribution in [-0.4, -0.2) is 32.3 Å². The lowest BCUT2D eigenvalue weighted by Crippen LogP contribution is -2.40. The van der Waals surface area contributed by atoms with Crippen molar-refractivity contribution in [3.63, 3.8) is 0 Å². The van der Waals surface area contributed by atoms with Crippen LogP contribution >= 0.6 is 0 Å². The fraction of sp³-hybridized carbons (Fsp3) is 0.211. The number of fused-ring (bicyclic) bond motifs is 1. The Balaban J connectivity index is 1.77. The molecule has 142 valence electrons. The first-order valence-electron chi connectivity index (χ1n) is 8.27. The zero-order valence-corrected chi connectivity index (χ0v) is 16.0. The van der Waals surface area contributed by atoms with E-state index in [1.54, 1.807) is 18.2 Å². The van der Waals surface area contributed by atoms with E-state index in [0.717, 1.165) is 11.1 Å². The van der Waals surface area contributed by atoms with E-state index in [2.05, 4.69) is 4.72 Å². The Labute approximate surface area is 157 Å². The molecule has 0 saturated heterocycles. The van der Waals surface area contributed by atoms with Crippen molar-refractivity contribution >= 4 is 26.9 Å². The predicted molar refractivity (Wildman–Crippen MR) is 101 cm³/mol. The van der Waals surface area contributed by atoms with Crippen LogP contribution in [0.4, 0.5) is 0 Å². The van der Waals surface area contributed by atoms with Crippen molar-refractivity contribution in [1.82, 2.24) is 9.45 Å². The van der Waals surface area contributed by atoms with E-state index >= 15 is 0 Å². The minimum absolute atomic E-state index is 0.0868. The van der Waals surface area contributed by atoms with Crippen molar-refractivity contribution in [2.24, 2.45) is 0 Å². The highest BCUT2D eigenvalue weighted by molar-refractivity contribution is 7.89. The van der Waals surface area contributed by atoms with Crippen LogP contribution in [-0.2, 0) is 14.8 Å². The summed E-state index contributed by atoms with van der Waals surface area (Å²) in [5, 5.41) is 0.682. The number of rotatable bonds is 6. The van der Waals surface area contributed by atoms with Gasteiger partial charge in [0.25, 0.3) is 0 Å². The lowest BCUT2D eigenvalue weighted by atomic mass is 10.2. The van der Waals surface area contributed by atoms with Crippen molar-refractivity contribution in [3.8, 4) is 5.75 Å². The van der Waals surface area contributed by atoms with Gasteiger partial charge in [0.15, 0.2) is 5.75 Å². The molecule has 1 aromatic heterocycles. The van der Waals surface area contributed by atoms with Crippen LogP contribution in [0.15, 0.2) is 59.6 Å². The van der Waals surface area contributed by atoms with Crippen LogP contribution in [0, 0.1) is 6.92 Å². The minimum Gasteiger partial charge on any atom is -0.423 e. The molecule has 0 aliphatic rings. The number of ether oxygens (including phenoxy) is 1. The maximum Gasteiger partial charge on any atom is 0.329 e. The van der Waals surface area contributed by atoms with Gasteiger partial charge in [-0.05, 0) is 38.1 Å². The molecule has 7 nitrogen and oxygen atoms in total. The Morgan fingerprint density at radius 3 is 2.44 bits per heavy atom. The molecule has 2 aromatic carbocycles. The van der Waals surface area contributed by atoms with Gasteiger partial charge in [-0.2, -0.15) is 9.45 Å². The number of esters is 1. The third kappa shape index (κ3) is 3.96. The average molecular weight is 388 g/mol. The van der Waals surface area contributed by atoms with Crippen molar-refractivity contribution in [2.75, 3.05) is 7.11 Å². The zero-order chi connectivity index (χ0) is 19.6. The van der Waals surface area contributed by atoms with Crippen molar-refractivity contribution in [2.45, 2.75) is 24.8 Å². The van der Waals surface area contributed by atoms with Gasteiger partial charge in [-0.3, -0.25) is 0 Å². The fourth-order valence-electron chi connectivity index (χ4n) is 2.62. The highest BCUT2D eigenvalue weighted by atomic mass is 32.2. The molecule has 0 aliphatic heterocycles.